The molecule has 1 aromatic carbocycles. The third-order valence-corrected chi connectivity index (χ3v) is 5.71. The fourth-order valence-electron chi connectivity index (χ4n) is 3.25. The van der Waals surface area contributed by atoms with Crippen molar-refractivity contribution in [2.45, 2.75) is 25.7 Å². The smallest absolute Gasteiger partial charge is 0.290 e. The van der Waals surface area contributed by atoms with E-state index in [1.54, 1.807) is 18.4 Å². The molecule has 3 heterocycles. The van der Waals surface area contributed by atoms with Gasteiger partial charge < -0.3 is 20.3 Å². The van der Waals surface area contributed by atoms with Crippen molar-refractivity contribution in [2.24, 2.45) is 0 Å². The number of aromatic nitrogens is 4. The minimum Gasteiger partial charge on any atom is -0.483 e. The van der Waals surface area contributed by atoms with E-state index in [0.29, 0.717) is 18.2 Å². The molecule has 4 aromatic rings. The first-order valence-electron chi connectivity index (χ1n) is 10.8. The van der Waals surface area contributed by atoms with Crippen molar-refractivity contribution >= 4 is 34.1 Å². The van der Waals surface area contributed by atoms with Gasteiger partial charge >= 0.3 is 0 Å². The van der Waals surface area contributed by atoms with Crippen molar-refractivity contribution in [3.05, 3.63) is 70.5 Å². The maximum Gasteiger partial charge on any atom is 0.290 e. The molecular weight excluding hydrogens is 454 g/mol. The van der Waals surface area contributed by atoms with Crippen molar-refractivity contribution < 1.29 is 19.7 Å². The van der Waals surface area contributed by atoms with Crippen LogP contribution in [0.25, 0.3) is 10.3 Å². The average Bonchev–Trinajstić information content (AvgIpc) is 3.24. The van der Waals surface area contributed by atoms with Crippen LogP contribution in [-0.2, 0) is 17.6 Å². The van der Waals surface area contributed by atoms with Gasteiger partial charge in [-0.1, -0.05) is 41.7 Å². The first-order valence-corrected chi connectivity index (χ1v) is 11.6. The van der Waals surface area contributed by atoms with Gasteiger partial charge in [0.25, 0.3) is 6.47 Å². The number of unbranched alkanes of at least 4 members (excludes halogenated alkanes) is 1. The minimum absolute atomic E-state index is 0.193. The molecule has 178 valence electrons. The molecule has 3 aromatic heterocycles. The number of hydrogen-bond acceptors (Lipinski definition) is 9. The number of nitrogens with one attached hydrogen (secondary N) is 1. The first-order chi connectivity index (χ1) is 16.6. The molecule has 3 N–H and O–H groups in total. The van der Waals surface area contributed by atoms with Gasteiger partial charge in [-0.3, -0.25) is 4.79 Å². The Balaban J connectivity index is 0.00000103. The van der Waals surface area contributed by atoms with Gasteiger partial charge in [0.15, 0.2) is 0 Å². The van der Waals surface area contributed by atoms with Crippen molar-refractivity contribution in [3.63, 3.8) is 0 Å². The quantitative estimate of drug-likeness (QED) is 0.230. The monoisotopic (exact) mass is 481 g/mol. The van der Waals surface area contributed by atoms with Crippen LogP contribution in [-0.4, -0.2) is 56.9 Å². The molecule has 0 amide bonds. The Kier molecular flexibility index (Phi) is 9.68. The minimum atomic E-state index is -0.250. The largest absolute Gasteiger partial charge is 0.483 e. The highest BCUT2D eigenvalue weighted by Gasteiger charge is 2.11. The van der Waals surface area contributed by atoms with Gasteiger partial charge in [0.1, 0.15) is 15.4 Å². The summed E-state index contributed by atoms with van der Waals surface area (Å²) in [6.07, 6.45) is 2.97. The van der Waals surface area contributed by atoms with E-state index >= 15 is 0 Å². The fourth-order valence-corrected chi connectivity index (χ4v) is 4.19. The Morgan fingerprint density at radius 3 is 2.44 bits per heavy atom. The van der Waals surface area contributed by atoms with Gasteiger partial charge in [-0.05, 0) is 30.5 Å². The lowest BCUT2D eigenvalue weighted by Gasteiger charge is -2.09. The second-order valence-corrected chi connectivity index (χ2v) is 8.32. The number of fused-ring (bicyclic) bond motifs is 1. The molecule has 0 atom stereocenters. The highest BCUT2D eigenvalue weighted by atomic mass is 32.1. The van der Waals surface area contributed by atoms with Crippen LogP contribution in [0.15, 0.2) is 48.5 Å². The summed E-state index contributed by atoms with van der Waals surface area (Å²) >= 11 is 1.55. The first kappa shape index (κ1) is 25.0. The third-order valence-electron chi connectivity index (χ3n) is 4.74. The number of carbonyl (C=O) groups is 1. The summed E-state index contributed by atoms with van der Waals surface area (Å²) in [5.41, 5.74) is 3.94. The number of nitrogens with zero attached hydrogens (tertiary/aromatic N) is 4. The molecule has 0 aliphatic heterocycles. The van der Waals surface area contributed by atoms with Gasteiger partial charge in [0.2, 0.25) is 11.8 Å². The van der Waals surface area contributed by atoms with Crippen LogP contribution in [0, 0.1) is 0 Å². The number of rotatable bonds is 10. The summed E-state index contributed by atoms with van der Waals surface area (Å²) in [4.78, 5) is 27.8. The van der Waals surface area contributed by atoms with Gasteiger partial charge in [0, 0.05) is 32.1 Å². The van der Waals surface area contributed by atoms with Crippen LogP contribution in [0.5, 0.6) is 5.88 Å². The van der Waals surface area contributed by atoms with Crippen LogP contribution in [0.2, 0.25) is 0 Å². The Hall–Kier alpha value is -3.63. The number of aliphatic hydroxyl groups is 1. The molecule has 0 aliphatic rings. The lowest BCUT2D eigenvalue weighted by molar-refractivity contribution is -0.122. The van der Waals surface area contributed by atoms with E-state index in [1.807, 2.05) is 36.4 Å². The Bertz CT molecular complexity index is 1190. The van der Waals surface area contributed by atoms with Crippen molar-refractivity contribution in [1.82, 2.24) is 19.9 Å². The zero-order valence-corrected chi connectivity index (χ0v) is 19.7. The molecule has 0 spiro atoms. The Morgan fingerprint density at radius 2 is 1.74 bits per heavy atom. The maximum atomic E-state index is 8.99. The number of benzene rings is 1. The Morgan fingerprint density at radius 1 is 1.00 bits per heavy atom. The summed E-state index contributed by atoms with van der Waals surface area (Å²) in [6, 6.07) is 16.1. The highest BCUT2D eigenvalue weighted by molar-refractivity contribution is 7.18. The summed E-state index contributed by atoms with van der Waals surface area (Å²) in [5, 5.41) is 20.1. The number of carboxylic acid groups (broad SMARTS) is 1. The SMILES string of the molecule is COc1ccc2nc(Cc3cc(Cc4ccccc4)nc(NCCCCO)n3)sc2n1.O=CO. The van der Waals surface area contributed by atoms with Crippen LogP contribution < -0.4 is 10.1 Å². The van der Waals surface area contributed by atoms with Crippen LogP contribution >= 0.6 is 11.3 Å². The molecule has 0 fully saturated rings. The maximum absolute atomic E-state index is 8.99. The third kappa shape index (κ3) is 7.46. The molecule has 0 aliphatic carbocycles. The Labute approximate surface area is 201 Å². The standard InChI is InChI=1S/C23H25N5O2S.CH2O2/c1-30-20-10-9-19-22(28-20)31-21(27-19)15-18-14-17(13-16-7-3-2-4-8-16)25-23(26-18)24-11-5-6-12-29;2-1-3/h2-4,7-10,14,29H,5-6,11-13,15H2,1H3,(H,24,25,26);1H,(H,2,3). The second kappa shape index (κ2) is 13.2. The fraction of sp³-hybridized carbons (Fsp3) is 0.292. The van der Waals surface area contributed by atoms with Crippen LogP contribution in [0.4, 0.5) is 5.95 Å². The summed E-state index contributed by atoms with van der Waals surface area (Å²) in [5.74, 6) is 1.20. The number of thiazole rings is 1. The van der Waals surface area contributed by atoms with E-state index in [4.69, 9.17) is 34.7 Å². The van der Waals surface area contributed by atoms with E-state index in [9.17, 15) is 0 Å². The van der Waals surface area contributed by atoms with Gasteiger partial charge in [-0.15, -0.1) is 0 Å². The van der Waals surface area contributed by atoms with Crippen LogP contribution in [0.3, 0.4) is 0 Å². The normalized spacial score (nSPS) is 10.4. The molecule has 10 heteroatoms. The van der Waals surface area contributed by atoms with Crippen molar-refractivity contribution in [2.75, 3.05) is 25.6 Å². The molecule has 0 unspecified atom stereocenters. The van der Waals surface area contributed by atoms with Gasteiger partial charge in [0.05, 0.1) is 18.5 Å². The molecule has 0 bridgehead atoms. The number of pyridine rings is 1. The number of aliphatic hydroxyl groups excluding tert-OH is 1. The molecule has 9 nitrogen and oxygen atoms in total. The molecule has 4 rings (SSSR count). The molecular formula is C24H27N5O4S. The lowest BCUT2D eigenvalue weighted by atomic mass is 10.1. The summed E-state index contributed by atoms with van der Waals surface area (Å²) in [7, 11) is 1.61. The molecule has 0 saturated carbocycles. The van der Waals surface area contributed by atoms with E-state index in [2.05, 4.69) is 22.4 Å². The predicted molar refractivity (Wildman–Crippen MR) is 132 cm³/mol. The van der Waals surface area contributed by atoms with Gasteiger partial charge in [-0.25, -0.2) is 19.9 Å². The lowest BCUT2D eigenvalue weighted by Crippen LogP contribution is -2.09. The van der Waals surface area contributed by atoms with E-state index in [0.717, 1.165) is 52.5 Å². The van der Waals surface area contributed by atoms with E-state index in [-0.39, 0.29) is 13.1 Å². The number of anilines is 1. The number of ether oxygens (including phenoxy) is 1. The van der Waals surface area contributed by atoms with E-state index < -0.39 is 0 Å². The predicted octanol–water partition coefficient (Wildman–Crippen LogP) is 3.56. The van der Waals surface area contributed by atoms with E-state index in [1.165, 1.54) is 5.56 Å². The summed E-state index contributed by atoms with van der Waals surface area (Å²) in [6.45, 7) is 0.665. The zero-order chi connectivity index (χ0) is 24.2. The second-order valence-electron chi connectivity index (χ2n) is 7.26. The molecule has 0 saturated heterocycles. The van der Waals surface area contributed by atoms with Crippen LogP contribution in [0.1, 0.15) is 34.8 Å². The number of hydrogen-bond donors (Lipinski definition) is 3. The van der Waals surface area contributed by atoms with Gasteiger partial charge in [-0.2, -0.15) is 0 Å². The highest BCUT2D eigenvalue weighted by Crippen LogP contribution is 2.25. The topological polar surface area (TPSA) is 130 Å². The van der Waals surface area contributed by atoms with Crippen molar-refractivity contribution in [1.29, 1.82) is 0 Å². The average molecular weight is 482 g/mol. The molecule has 34 heavy (non-hydrogen) atoms. The molecule has 0 radical (unpaired) electrons. The van der Waals surface area contributed by atoms with Crippen molar-refractivity contribution in [3.8, 4) is 5.88 Å². The zero-order valence-electron chi connectivity index (χ0n) is 18.8. The summed E-state index contributed by atoms with van der Waals surface area (Å²) < 4.78 is 5.22. The number of methoxy groups -OCH3 is 1.